The minimum absolute atomic E-state index is 0.335. The van der Waals surface area contributed by atoms with E-state index in [1.54, 1.807) is 6.92 Å². The molecule has 4 heteroatoms. The Hall–Kier alpha value is -3.11. The van der Waals surface area contributed by atoms with Crippen molar-refractivity contribution in [2.45, 2.75) is 45.6 Å². The topological polar surface area (TPSA) is 55.8 Å². The van der Waals surface area contributed by atoms with Crippen LogP contribution in [0.1, 0.15) is 47.1 Å². The predicted molar refractivity (Wildman–Crippen MR) is 127 cm³/mol. The third-order valence-electron chi connectivity index (χ3n) is 6.12. The van der Waals surface area contributed by atoms with E-state index in [9.17, 15) is 9.90 Å². The number of aryl methyl sites for hydroxylation is 2. The number of fused-ring (bicyclic) bond motifs is 3. The van der Waals surface area contributed by atoms with Crippen molar-refractivity contribution < 1.29 is 19.4 Å². The molecule has 0 bridgehead atoms. The van der Waals surface area contributed by atoms with Gasteiger partial charge in [-0.15, -0.1) is 0 Å². The van der Waals surface area contributed by atoms with Gasteiger partial charge in [-0.2, -0.15) is 0 Å². The van der Waals surface area contributed by atoms with E-state index in [0.29, 0.717) is 25.6 Å². The minimum atomic E-state index is -0.935. The molecule has 0 aliphatic heterocycles. The number of hydrogen-bond donors (Lipinski definition) is 1. The highest BCUT2D eigenvalue weighted by Gasteiger charge is 2.28. The van der Waals surface area contributed by atoms with E-state index in [4.69, 9.17) is 9.47 Å². The van der Waals surface area contributed by atoms with Gasteiger partial charge in [-0.25, -0.2) is 4.79 Å². The predicted octanol–water partition coefficient (Wildman–Crippen LogP) is 5.92. The van der Waals surface area contributed by atoms with Crippen molar-refractivity contribution in [2.24, 2.45) is 0 Å². The van der Waals surface area contributed by atoms with E-state index in [1.165, 1.54) is 33.4 Å². The Labute approximate surface area is 189 Å². The Morgan fingerprint density at radius 1 is 0.938 bits per heavy atom. The molecule has 0 amide bonds. The van der Waals surface area contributed by atoms with Crippen LogP contribution in [0.4, 0.5) is 0 Å². The number of ether oxygens (including phenoxy) is 2. The average molecular weight is 431 g/mol. The zero-order valence-corrected chi connectivity index (χ0v) is 18.9. The SMILES string of the molecule is CCOC(Cc1ccc(OCCC2c3cc(C)ccc3-c3ccc(C)cc32)cc1)C(=O)O. The molecule has 0 saturated carbocycles. The van der Waals surface area contributed by atoms with E-state index >= 15 is 0 Å². The van der Waals surface area contributed by atoms with Crippen LogP contribution in [-0.2, 0) is 16.0 Å². The number of benzene rings is 3. The summed E-state index contributed by atoms with van der Waals surface area (Å²) in [4.78, 5) is 11.3. The van der Waals surface area contributed by atoms with Crippen LogP contribution < -0.4 is 4.74 Å². The fraction of sp³-hybridized carbons (Fsp3) is 0.321. The summed E-state index contributed by atoms with van der Waals surface area (Å²) in [6.45, 7) is 7.08. The number of carbonyl (C=O) groups is 1. The highest BCUT2D eigenvalue weighted by Crippen LogP contribution is 2.47. The van der Waals surface area contributed by atoms with Crippen LogP contribution in [0, 0.1) is 13.8 Å². The second kappa shape index (κ2) is 9.58. The largest absolute Gasteiger partial charge is 0.494 e. The van der Waals surface area contributed by atoms with Crippen LogP contribution in [0.25, 0.3) is 11.1 Å². The molecule has 0 spiro atoms. The highest BCUT2D eigenvalue weighted by molar-refractivity contribution is 5.79. The molecule has 1 unspecified atom stereocenters. The lowest BCUT2D eigenvalue weighted by atomic mass is 9.92. The van der Waals surface area contributed by atoms with Gasteiger partial charge in [0.25, 0.3) is 0 Å². The van der Waals surface area contributed by atoms with Crippen LogP contribution in [0.2, 0.25) is 0 Å². The number of rotatable bonds is 9. The molecule has 166 valence electrons. The molecule has 4 rings (SSSR count). The minimum Gasteiger partial charge on any atom is -0.494 e. The third kappa shape index (κ3) is 4.71. The van der Waals surface area contributed by atoms with Gasteiger partial charge in [0.1, 0.15) is 5.75 Å². The molecule has 1 aliphatic rings. The van der Waals surface area contributed by atoms with Crippen molar-refractivity contribution in [1.82, 2.24) is 0 Å². The first-order chi connectivity index (χ1) is 15.5. The average Bonchev–Trinajstić information content (AvgIpc) is 3.06. The maximum absolute atomic E-state index is 11.3. The first kappa shape index (κ1) is 22.1. The van der Waals surface area contributed by atoms with Gasteiger partial charge in [0.2, 0.25) is 0 Å². The quantitative estimate of drug-likeness (QED) is 0.458. The Kier molecular flexibility index (Phi) is 6.61. The maximum Gasteiger partial charge on any atom is 0.333 e. The van der Waals surface area contributed by atoms with Gasteiger partial charge in [-0.3, -0.25) is 0 Å². The summed E-state index contributed by atoms with van der Waals surface area (Å²) in [5.74, 6) is 0.195. The normalized spacial score (nSPS) is 13.5. The van der Waals surface area contributed by atoms with E-state index in [1.807, 2.05) is 24.3 Å². The summed E-state index contributed by atoms with van der Waals surface area (Å²) in [5.41, 5.74) is 8.93. The maximum atomic E-state index is 11.3. The fourth-order valence-corrected chi connectivity index (χ4v) is 4.56. The summed E-state index contributed by atoms with van der Waals surface area (Å²) < 4.78 is 11.4. The fourth-order valence-electron chi connectivity index (χ4n) is 4.56. The molecule has 1 aliphatic carbocycles. The number of carboxylic acids is 1. The van der Waals surface area contributed by atoms with Crippen molar-refractivity contribution in [1.29, 1.82) is 0 Å². The monoisotopic (exact) mass is 430 g/mol. The lowest BCUT2D eigenvalue weighted by Crippen LogP contribution is -2.26. The lowest BCUT2D eigenvalue weighted by molar-refractivity contribution is -0.149. The standard InChI is InChI=1S/C28H30O4/c1-4-31-27(28(29)30)17-20-7-9-21(10-8-20)32-14-13-24-25-15-18(2)5-11-22(25)23-12-6-19(3)16-26(23)24/h5-12,15-16,24,27H,4,13-14,17H2,1-3H3,(H,29,30). The Bertz CT molecular complexity index is 1050. The Balaban J connectivity index is 1.42. The van der Waals surface area contributed by atoms with Gasteiger partial charge < -0.3 is 14.6 Å². The van der Waals surface area contributed by atoms with Gasteiger partial charge >= 0.3 is 5.97 Å². The summed E-state index contributed by atoms with van der Waals surface area (Å²) in [5, 5.41) is 9.26. The number of hydrogen-bond acceptors (Lipinski definition) is 3. The van der Waals surface area contributed by atoms with Gasteiger partial charge in [-0.05, 0) is 67.1 Å². The van der Waals surface area contributed by atoms with Crippen molar-refractivity contribution in [3.8, 4) is 16.9 Å². The molecule has 0 radical (unpaired) electrons. The van der Waals surface area contributed by atoms with Crippen molar-refractivity contribution in [3.63, 3.8) is 0 Å². The molecule has 32 heavy (non-hydrogen) atoms. The number of aliphatic carboxylic acids is 1. The first-order valence-electron chi connectivity index (χ1n) is 11.2. The van der Waals surface area contributed by atoms with Gasteiger partial charge in [0.15, 0.2) is 6.10 Å². The molecule has 0 fully saturated rings. The van der Waals surface area contributed by atoms with Crippen LogP contribution in [0.3, 0.4) is 0 Å². The molecule has 3 aromatic carbocycles. The zero-order chi connectivity index (χ0) is 22.7. The summed E-state index contributed by atoms with van der Waals surface area (Å²) >= 11 is 0. The molecular weight excluding hydrogens is 400 g/mol. The van der Waals surface area contributed by atoms with Crippen LogP contribution >= 0.6 is 0 Å². The molecule has 0 saturated heterocycles. The van der Waals surface area contributed by atoms with Gasteiger partial charge in [-0.1, -0.05) is 59.7 Å². The summed E-state index contributed by atoms with van der Waals surface area (Å²) in [6.07, 6.45) is 0.430. The Morgan fingerprint density at radius 2 is 1.53 bits per heavy atom. The zero-order valence-electron chi connectivity index (χ0n) is 18.9. The molecule has 4 nitrogen and oxygen atoms in total. The molecular formula is C28H30O4. The van der Waals surface area contributed by atoms with Crippen LogP contribution in [0.5, 0.6) is 5.75 Å². The first-order valence-corrected chi connectivity index (χ1v) is 11.2. The second-order valence-corrected chi connectivity index (χ2v) is 8.50. The smallest absolute Gasteiger partial charge is 0.333 e. The van der Waals surface area contributed by atoms with E-state index in [-0.39, 0.29) is 0 Å². The van der Waals surface area contributed by atoms with Gasteiger partial charge in [0, 0.05) is 18.9 Å². The summed E-state index contributed by atoms with van der Waals surface area (Å²) in [7, 11) is 0. The van der Waals surface area contributed by atoms with Crippen molar-refractivity contribution in [2.75, 3.05) is 13.2 Å². The lowest BCUT2D eigenvalue weighted by Gasteiger charge is -2.16. The van der Waals surface area contributed by atoms with Crippen molar-refractivity contribution >= 4 is 5.97 Å². The second-order valence-electron chi connectivity index (χ2n) is 8.50. The molecule has 1 atom stereocenters. The van der Waals surface area contributed by atoms with E-state index < -0.39 is 12.1 Å². The molecule has 1 N–H and O–H groups in total. The van der Waals surface area contributed by atoms with Gasteiger partial charge in [0.05, 0.1) is 6.61 Å². The Morgan fingerprint density at radius 3 is 2.06 bits per heavy atom. The van der Waals surface area contributed by atoms with E-state index in [0.717, 1.165) is 17.7 Å². The third-order valence-corrected chi connectivity index (χ3v) is 6.12. The van der Waals surface area contributed by atoms with Crippen LogP contribution in [-0.4, -0.2) is 30.4 Å². The van der Waals surface area contributed by atoms with Crippen LogP contribution in [0.15, 0.2) is 60.7 Å². The highest BCUT2D eigenvalue weighted by atomic mass is 16.5. The molecule has 3 aromatic rings. The molecule has 0 heterocycles. The number of carboxylic acid groups (broad SMARTS) is 1. The van der Waals surface area contributed by atoms with E-state index in [2.05, 4.69) is 50.2 Å². The molecule has 0 aromatic heterocycles. The summed E-state index contributed by atoms with van der Waals surface area (Å²) in [6, 6.07) is 21.1. The van der Waals surface area contributed by atoms with Crippen molar-refractivity contribution in [3.05, 3.63) is 88.5 Å².